The highest BCUT2D eigenvalue weighted by Gasteiger charge is 2.63. The number of methoxy groups -OCH3 is 1. The molecule has 0 bridgehead atoms. The Hall–Kier alpha value is -2.28. The standard InChI is InChI=1S/C16H16F3NO3/c1-10-9-13(15(22,14(21)23-3)16(17,18)19)11(2)20(10)12-7-5-4-6-8-12/h4-9,22H,1-3H3/t15-/m1/s1. The summed E-state index contributed by atoms with van der Waals surface area (Å²) in [4.78, 5) is 11.7. The highest BCUT2D eigenvalue weighted by Crippen LogP contribution is 2.42. The van der Waals surface area contributed by atoms with Crippen LogP contribution < -0.4 is 0 Å². The lowest BCUT2D eigenvalue weighted by Crippen LogP contribution is -2.50. The van der Waals surface area contributed by atoms with Crippen molar-refractivity contribution in [3.8, 4) is 5.69 Å². The summed E-state index contributed by atoms with van der Waals surface area (Å²) >= 11 is 0. The number of aromatic nitrogens is 1. The number of para-hydroxylation sites is 1. The van der Waals surface area contributed by atoms with Crippen molar-refractivity contribution in [2.24, 2.45) is 0 Å². The van der Waals surface area contributed by atoms with E-state index in [9.17, 15) is 23.1 Å². The van der Waals surface area contributed by atoms with Crippen molar-refractivity contribution in [2.45, 2.75) is 25.6 Å². The van der Waals surface area contributed by atoms with Crippen LogP contribution in [-0.2, 0) is 15.1 Å². The molecule has 7 heteroatoms. The second-order valence-corrected chi connectivity index (χ2v) is 5.16. The number of aryl methyl sites for hydroxylation is 1. The Morgan fingerprint density at radius 3 is 2.22 bits per heavy atom. The maximum absolute atomic E-state index is 13.4. The zero-order valence-corrected chi connectivity index (χ0v) is 12.8. The Kier molecular flexibility index (Phi) is 4.26. The number of rotatable bonds is 3. The number of hydrogen-bond acceptors (Lipinski definition) is 3. The van der Waals surface area contributed by atoms with E-state index in [1.165, 1.54) is 11.5 Å². The van der Waals surface area contributed by atoms with Gasteiger partial charge in [0.25, 0.3) is 5.60 Å². The number of alkyl halides is 3. The third-order valence-electron chi connectivity index (χ3n) is 3.73. The summed E-state index contributed by atoms with van der Waals surface area (Å²) in [5.74, 6) is -1.77. The average Bonchev–Trinajstić information content (AvgIpc) is 2.80. The maximum atomic E-state index is 13.4. The first-order chi connectivity index (χ1) is 10.6. The van der Waals surface area contributed by atoms with E-state index < -0.39 is 23.3 Å². The van der Waals surface area contributed by atoms with Crippen molar-refractivity contribution in [1.82, 2.24) is 4.57 Å². The number of hydrogen-bond donors (Lipinski definition) is 1. The van der Waals surface area contributed by atoms with Crippen LogP contribution in [-0.4, -0.2) is 28.9 Å². The van der Waals surface area contributed by atoms with E-state index in [1.54, 1.807) is 37.3 Å². The van der Waals surface area contributed by atoms with Gasteiger partial charge in [-0.05, 0) is 32.0 Å². The molecule has 0 aliphatic heterocycles. The molecule has 2 rings (SSSR count). The summed E-state index contributed by atoms with van der Waals surface area (Å²) in [6.45, 7) is 3.01. The number of carbonyl (C=O) groups excluding carboxylic acids is 1. The van der Waals surface area contributed by atoms with Crippen LogP contribution in [0.3, 0.4) is 0 Å². The van der Waals surface area contributed by atoms with Crippen LogP contribution in [0, 0.1) is 13.8 Å². The van der Waals surface area contributed by atoms with Gasteiger partial charge in [0.2, 0.25) is 0 Å². The lowest BCUT2D eigenvalue weighted by atomic mass is 9.93. The highest BCUT2D eigenvalue weighted by molar-refractivity contribution is 5.82. The molecule has 23 heavy (non-hydrogen) atoms. The zero-order valence-electron chi connectivity index (χ0n) is 12.8. The van der Waals surface area contributed by atoms with Gasteiger partial charge in [0, 0.05) is 22.6 Å². The number of benzene rings is 1. The molecule has 0 amide bonds. The Labute approximate surface area is 131 Å². The summed E-state index contributed by atoms with van der Waals surface area (Å²) in [6, 6.07) is 9.84. The van der Waals surface area contributed by atoms with Crippen LogP contribution in [0.5, 0.6) is 0 Å². The van der Waals surface area contributed by atoms with Gasteiger partial charge in [0.15, 0.2) is 0 Å². The minimum atomic E-state index is -5.21. The van der Waals surface area contributed by atoms with E-state index in [-0.39, 0.29) is 5.69 Å². The van der Waals surface area contributed by atoms with E-state index in [4.69, 9.17) is 0 Å². The van der Waals surface area contributed by atoms with Gasteiger partial charge in [-0.15, -0.1) is 0 Å². The van der Waals surface area contributed by atoms with Gasteiger partial charge in [-0.2, -0.15) is 13.2 Å². The lowest BCUT2D eigenvalue weighted by molar-refractivity contribution is -0.267. The summed E-state index contributed by atoms with van der Waals surface area (Å²) in [6.07, 6.45) is -5.21. The van der Waals surface area contributed by atoms with Crippen molar-refractivity contribution >= 4 is 5.97 Å². The Morgan fingerprint density at radius 1 is 1.17 bits per heavy atom. The molecule has 1 heterocycles. The predicted molar refractivity (Wildman–Crippen MR) is 77.2 cm³/mol. The molecule has 0 unspecified atom stereocenters. The van der Waals surface area contributed by atoms with Crippen molar-refractivity contribution in [3.63, 3.8) is 0 Å². The lowest BCUT2D eigenvalue weighted by Gasteiger charge is -2.28. The fraction of sp³-hybridized carbons (Fsp3) is 0.312. The summed E-state index contributed by atoms with van der Waals surface area (Å²) in [5.41, 5.74) is -3.06. The van der Waals surface area contributed by atoms with Crippen LogP contribution in [0.2, 0.25) is 0 Å². The summed E-state index contributed by atoms with van der Waals surface area (Å²) in [7, 11) is 0.801. The van der Waals surface area contributed by atoms with E-state index in [2.05, 4.69) is 4.74 Å². The molecular formula is C16H16F3NO3. The molecule has 1 atom stereocenters. The third-order valence-corrected chi connectivity index (χ3v) is 3.73. The summed E-state index contributed by atoms with van der Waals surface area (Å²) < 4.78 is 45.9. The van der Waals surface area contributed by atoms with Gasteiger partial charge in [-0.1, -0.05) is 18.2 Å². The fourth-order valence-corrected chi connectivity index (χ4v) is 2.63. The Bertz CT molecular complexity index is 722. The predicted octanol–water partition coefficient (Wildman–Crippen LogP) is 3.02. The van der Waals surface area contributed by atoms with Crippen LogP contribution in [0.15, 0.2) is 36.4 Å². The molecule has 0 radical (unpaired) electrons. The molecule has 0 aliphatic rings. The van der Waals surface area contributed by atoms with Crippen LogP contribution in [0.1, 0.15) is 17.0 Å². The summed E-state index contributed by atoms with van der Waals surface area (Å²) in [5, 5.41) is 10.1. The maximum Gasteiger partial charge on any atom is 0.432 e. The van der Waals surface area contributed by atoms with Crippen LogP contribution in [0.4, 0.5) is 13.2 Å². The van der Waals surface area contributed by atoms with Crippen molar-refractivity contribution < 1.29 is 27.8 Å². The number of ether oxygens (including phenoxy) is 1. The van der Waals surface area contributed by atoms with Crippen LogP contribution >= 0.6 is 0 Å². The number of nitrogens with zero attached hydrogens (tertiary/aromatic N) is 1. The normalized spacial score (nSPS) is 14.4. The largest absolute Gasteiger partial charge is 0.466 e. The SMILES string of the molecule is COC(=O)[C@](O)(c1cc(C)n(-c2ccccc2)c1C)C(F)(F)F. The van der Waals surface area contributed by atoms with E-state index in [1.807, 2.05) is 0 Å². The average molecular weight is 327 g/mol. The van der Waals surface area contributed by atoms with E-state index in [0.717, 1.165) is 13.2 Å². The van der Waals surface area contributed by atoms with Gasteiger partial charge in [0.1, 0.15) is 0 Å². The molecule has 1 aromatic carbocycles. The van der Waals surface area contributed by atoms with Gasteiger partial charge >= 0.3 is 12.1 Å². The fourth-order valence-electron chi connectivity index (χ4n) is 2.63. The quantitative estimate of drug-likeness (QED) is 0.882. The van der Waals surface area contributed by atoms with Crippen molar-refractivity contribution in [1.29, 1.82) is 0 Å². The molecule has 0 spiro atoms. The molecule has 4 nitrogen and oxygen atoms in total. The van der Waals surface area contributed by atoms with Gasteiger partial charge < -0.3 is 14.4 Å². The zero-order chi connectivity index (χ0) is 17.4. The first-order valence-electron chi connectivity index (χ1n) is 6.77. The Balaban J connectivity index is 2.71. The third kappa shape index (κ3) is 2.61. The van der Waals surface area contributed by atoms with Gasteiger partial charge in [0.05, 0.1) is 7.11 Å². The number of aliphatic hydroxyl groups is 1. The Morgan fingerprint density at radius 2 is 1.74 bits per heavy atom. The first kappa shape index (κ1) is 17.1. The highest BCUT2D eigenvalue weighted by atomic mass is 19.4. The smallest absolute Gasteiger partial charge is 0.432 e. The van der Waals surface area contributed by atoms with Gasteiger partial charge in [-0.25, -0.2) is 4.79 Å². The molecule has 0 saturated heterocycles. The van der Waals surface area contributed by atoms with Gasteiger partial charge in [-0.3, -0.25) is 0 Å². The second kappa shape index (κ2) is 5.73. The van der Waals surface area contributed by atoms with E-state index in [0.29, 0.717) is 11.4 Å². The molecular weight excluding hydrogens is 311 g/mol. The molecule has 124 valence electrons. The van der Waals surface area contributed by atoms with E-state index >= 15 is 0 Å². The topological polar surface area (TPSA) is 51.5 Å². The molecule has 0 fully saturated rings. The van der Waals surface area contributed by atoms with Crippen molar-refractivity contribution in [3.05, 3.63) is 53.3 Å². The monoisotopic (exact) mass is 327 g/mol. The number of halogens is 3. The molecule has 1 aromatic heterocycles. The number of esters is 1. The second-order valence-electron chi connectivity index (χ2n) is 5.16. The first-order valence-corrected chi connectivity index (χ1v) is 6.77. The minimum absolute atomic E-state index is 0.110. The molecule has 1 N–H and O–H groups in total. The van der Waals surface area contributed by atoms with Crippen molar-refractivity contribution in [2.75, 3.05) is 7.11 Å². The van der Waals surface area contributed by atoms with Crippen LogP contribution in [0.25, 0.3) is 5.69 Å². The number of carbonyl (C=O) groups is 1. The molecule has 0 saturated carbocycles. The minimum Gasteiger partial charge on any atom is -0.466 e. The molecule has 2 aromatic rings. The molecule has 0 aliphatic carbocycles.